The molecule has 0 saturated heterocycles. The molecule has 1 saturated carbocycles. The molecule has 2 aliphatic carbocycles. The third kappa shape index (κ3) is 0.658. The van der Waals surface area contributed by atoms with Crippen LogP contribution < -0.4 is 0 Å². The summed E-state index contributed by atoms with van der Waals surface area (Å²) in [6, 6.07) is 0. The minimum atomic E-state index is 0.897. The molecule has 0 aromatic carbocycles. The first-order valence-corrected chi connectivity index (χ1v) is 3.65. The topological polar surface area (TPSA) is 0 Å². The van der Waals surface area contributed by atoms with Crippen LogP contribution in [0.3, 0.4) is 0 Å². The molecule has 9 heavy (non-hydrogen) atoms. The summed E-state index contributed by atoms with van der Waals surface area (Å²) in [4.78, 5) is 0. The summed E-state index contributed by atoms with van der Waals surface area (Å²) in [7, 11) is 0. The van der Waals surface area contributed by atoms with Crippen LogP contribution >= 0.6 is 0 Å². The molecule has 0 aliphatic heterocycles. The van der Waals surface area contributed by atoms with Crippen LogP contribution in [-0.2, 0) is 0 Å². The summed E-state index contributed by atoms with van der Waals surface area (Å²) >= 11 is 0. The van der Waals surface area contributed by atoms with E-state index in [9.17, 15) is 0 Å². The summed E-state index contributed by atoms with van der Waals surface area (Å²) < 4.78 is 0. The van der Waals surface area contributed by atoms with Crippen molar-refractivity contribution < 1.29 is 0 Å². The Labute approximate surface area is 56.3 Å². The Morgan fingerprint density at radius 2 is 2.11 bits per heavy atom. The second kappa shape index (κ2) is 1.50. The Bertz CT molecular complexity index is 186. The molecule has 48 valence electrons. The van der Waals surface area contributed by atoms with E-state index in [-0.39, 0.29) is 0 Å². The van der Waals surface area contributed by atoms with Gasteiger partial charge in [-0.1, -0.05) is 30.7 Å². The minimum Gasteiger partial charge on any atom is -0.0803 e. The Balaban J connectivity index is 2.24. The van der Waals surface area contributed by atoms with Gasteiger partial charge < -0.3 is 0 Å². The van der Waals surface area contributed by atoms with E-state index in [0.717, 1.165) is 17.8 Å². The molecule has 0 heteroatoms. The van der Waals surface area contributed by atoms with Gasteiger partial charge in [0.1, 0.15) is 0 Å². The van der Waals surface area contributed by atoms with Crippen molar-refractivity contribution in [3.8, 4) is 0 Å². The minimum absolute atomic E-state index is 0.897. The second-order valence-electron chi connectivity index (χ2n) is 3.28. The summed E-state index contributed by atoms with van der Waals surface area (Å²) in [6.45, 7) is 4.51. The molecular weight excluding hydrogens is 108 g/mol. The SMILES string of the molecule is CC1=C[C@@H]2C(C)C2C=C1. The van der Waals surface area contributed by atoms with E-state index in [1.807, 2.05) is 0 Å². The molecule has 0 heterocycles. The average Bonchev–Trinajstić information content (AvgIpc) is 2.43. The van der Waals surface area contributed by atoms with Gasteiger partial charge in [-0.25, -0.2) is 0 Å². The maximum Gasteiger partial charge on any atom is -0.0130 e. The quantitative estimate of drug-likeness (QED) is 0.460. The molecule has 0 nitrogen and oxygen atoms in total. The smallest absolute Gasteiger partial charge is 0.0130 e. The van der Waals surface area contributed by atoms with Gasteiger partial charge in [0.2, 0.25) is 0 Å². The van der Waals surface area contributed by atoms with E-state index < -0.39 is 0 Å². The van der Waals surface area contributed by atoms with Crippen molar-refractivity contribution >= 4 is 0 Å². The molecule has 0 aromatic heterocycles. The molecule has 0 radical (unpaired) electrons. The molecule has 0 spiro atoms. The van der Waals surface area contributed by atoms with Gasteiger partial charge in [0, 0.05) is 0 Å². The highest BCUT2D eigenvalue weighted by molar-refractivity contribution is 5.30. The van der Waals surface area contributed by atoms with Crippen molar-refractivity contribution in [2.24, 2.45) is 17.8 Å². The first kappa shape index (κ1) is 5.28. The lowest BCUT2D eigenvalue weighted by Gasteiger charge is -1.96. The third-order valence-electron chi connectivity index (χ3n) is 2.55. The van der Waals surface area contributed by atoms with Crippen LogP contribution in [0.15, 0.2) is 23.8 Å². The molecular formula is C9H12. The zero-order valence-electron chi connectivity index (χ0n) is 5.96. The Morgan fingerprint density at radius 3 is 2.67 bits per heavy atom. The van der Waals surface area contributed by atoms with Gasteiger partial charge in [0.25, 0.3) is 0 Å². The first-order valence-electron chi connectivity index (χ1n) is 3.65. The molecule has 0 amide bonds. The molecule has 1 fully saturated rings. The Hall–Kier alpha value is -0.520. The fourth-order valence-electron chi connectivity index (χ4n) is 1.71. The molecule has 0 bridgehead atoms. The molecule has 2 rings (SSSR count). The van der Waals surface area contributed by atoms with Gasteiger partial charge in [0.05, 0.1) is 0 Å². The summed E-state index contributed by atoms with van der Waals surface area (Å²) in [5.74, 6) is 2.72. The van der Waals surface area contributed by atoms with Crippen LogP contribution in [0.4, 0.5) is 0 Å². The number of hydrogen-bond acceptors (Lipinski definition) is 0. The first-order chi connectivity index (χ1) is 4.29. The van der Waals surface area contributed by atoms with Crippen LogP contribution in [0.2, 0.25) is 0 Å². The largest absolute Gasteiger partial charge is 0.0803 e. The van der Waals surface area contributed by atoms with E-state index in [1.54, 1.807) is 0 Å². The Morgan fingerprint density at radius 1 is 1.33 bits per heavy atom. The van der Waals surface area contributed by atoms with Crippen molar-refractivity contribution in [1.82, 2.24) is 0 Å². The van der Waals surface area contributed by atoms with Crippen molar-refractivity contribution in [3.05, 3.63) is 23.8 Å². The summed E-state index contributed by atoms with van der Waals surface area (Å²) in [6.07, 6.45) is 6.99. The fourth-order valence-corrected chi connectivity index (χ4v) is 1.71. The van der Waals surface area contributed by atoms with E-state index in [1.165, 1.54) is 5.57 Å². The van der Waals surface area contributed by atoms with Gasteiger partial charge in [-0.05, 0) is 24.7 Å². The van der Waals surface area contributed by atoms with E-state index >= 15 is 0 Å². The van der Waals surface area contributed by atoms with Crippen molar-refractivity contribution in [2.75, 3.05) is 0 Å². The zero-order valence-corrected chi connectivity index (χ0v) is 5.96. The lowest BCUT2D eigenvalue weighted by Crippen LogP contribution is -1.81. The van der Waals surface area contributed by atoms with Crippen LogP contribution in [0.1, 0.15) is 13.8 Å². The number of hydrogen-bond donors (Lipinski definition) is 0. The highest BCUT2D eigenvalue weighted by atomic mass is 14.5. The van der Waals surface area contributed by atoms with Gasteiger partial charge >= 0.3 is 0 Å². The Kier molecular flexibility index (Phi) is 0.879. The lowest BCUT2D eigenvalue weighted by molar-refractivity contribution is 0.884. The normalized spacial score (nSPS) is 46.0. The highest BCUT2D eigenvalue weighted by Gasteiger charge is 2.43. The number of rotatable bonds is 0. The highest BCUT2D eigenvalue weighted by Crippen LogP contribution is 2.50. The van der Waals surface area contributed by atoms with Crippen LogP contribution in [0.25, 0.3) is 0 Å². The molecule has 0 aromatic rings. The van der Waals surface area contributed by atoms with E-state index in [4.69, 9.17) is 0 Å². The maximum atomic E-state index is 2.40. The van der Waals surface area contributed by atoms with E-state index in [2.05, 4.69) is 32.1 Å². The van der Waals surface area contributed by atoms with Crippen LogP contribution in [0, 0.1) is 17.8 Å². The second-order valence-corrected chi connectivity index (χ2v) is 3.28. The zero-order chi connectivity index (χ0) is 6.43. The third-order valence-corrected chi connectivity index (χ3v) is 2.55. The number of fused-ring (bicyclic) bond motifs is 1. The predicted octanol–water partition coefficient (Wildman–Crippen LogP) is 2.38. The van der Waals surface area contributed by atoms with Crippen LogP contribution in [0.5, 0.6) is 0 Å². The molecule has 0 N–H and O–H groups in total. The van der Waals surface area contributed by atoms with Gasteiger partial charge in [-0.2, -0.15) is 0 Å². The monoisotopic (exact) mass is 120 g/mol. The maximum absolute atomic E-state index is 2.40. The van der Waals surface area contributed by atoms with Crippen LogP contribution in [-0.4, -0.2) is 0 Å². The summed E-state index contributed by atoms with van der Waals surface area (Å²) in [5, 5.41) is 0. The summed E-state index contributed by atoms with van der Waals surface area (Å²) in [5.41, 5.74) is 1.45. The lowest BCUT2D eigenvalue weighted by atomic mass is 10.1. The van der Waals surface area contributed by atoms with E-state index in [0.29, 0.717) is 0 Å². The average molecular weight is 120 g/mol. The standard InChI is InChI=1S/C9H12/c1-6-3-4-8-7(2)9(8)5-6/h3-5,7-9H,1-2H3/t7?,8?,9-/m1/s1. The fraction of sp³-hybridized carbons (Fsp3) is 0.556. The van der Waals surface area contributed by atoms with Crippen molar-refractivity contribution in [2.45, 2.75) is 13.8 Å². The van der Waals surface area contributed by atoms with Crippen molar-refractivity contribution in [1.29, 1.82) is 0 Å². The van der Waals surface area contributed by atoms with Gasteiger partial charge in [0.15, 0.2) is 0 Å². The molecule has 3 atom stereocenters. The van der Waals surface area contributed by atoms with Crippen molar-refractivity contribution in [3.63, 3.8) is 0 Å². The predicted molar refractivity (Wildman–Crippen MR) is 39.0 cm³/mol. The molecule has 2 unspecified atom stereocenters. The van der Waals surface area contributed by atoms with Gasteiger partial charge in [-0.15, -0.1) is 0 Å². The van der Waals surface area contributed by atoms with Gasteiger partial charge in [-0.3, -0.25) is 0 Å². The molecule has 2 aliphatic rings. The number of allylic oxidation sites excluding steroid dienone is 4.